The Hall–Kier alpha value is -1.92. The van der Waals surface area contributed by atoms with Gasteiger partial charge in [0, 0.05) is 12.4 Å². The minimum Gasteiger partial charge on any atom is -0.491 e. The van der Waals surface area contributed by atoms with Crippen molar-refractivity contribution in [3.63, 3.8) is 0 Å². The largest absolute Gasteiger partial charge is 0.491 e. The number of hydrogen-bond donors (Lipinski definition) is 1. The van der Waals surface area contributed by atoms with Crippen molar-refractivity contribution >= 4 is 40.1 Å². The average molecular weight is 499 g/mol. The summed E-state index contributed by atoms with van der Waals surface area (Å²) in [7, 11) is 1.69. The lowest BCUT2D eigenvalue weighted by atomic mass is 10.0. The smallest absolute Gasteiger partial charge is 0.408 e. The highest BCUT2D eigenvalue weighted by Gasteiger charge is 2.27. The van der Waals surface area contributed by atoms with E-state index in [-0.39, 0.29) is 5.56 Å². The van der Waals surface area contributed by atoms with Crippen molar-refractivity contribution in [3.05, 3.63) is 38.2 Å². The normalized spacial score (nSPS) is 12.6. The molecule has 33 heavy (non-hydrogen) atoms. The second kappa shape index (κ2) is 12.0. The van der Waals surface area contributed by atoms with Crippen LogP contribution < -0.4 is 15.6 Å². The van der Waals surface area contributed by atoms with Crippen LogP contribution in [0.3, 0.4) is 0 Å². The minimum atomic E-state index is -0.641. The van der Waals surface area contributed by atoms with Gasteiger partial charge in [-0.1, -0.05) is 62.7 Å². The second-order valence-corrected chi connectivity index (χ2v) is 10.1. The monoisotopic (exact) mass is 498 g/mol. The molecule has 0 aliphatic heterocycles. The second-order valence-electron chi connectivity index (χ2n) is 9.29. The Morgan fingerprint density at radius 3 is 2.24 bits per heavy atom. The number of carbonyl (C=O) groups is 1. The summed E-state index contributed by atoms with van der Waals surface area (Å²) < 4.78 is 13.3. The molecule has 1 N–H and O–H groups in total. The van der Waals surface area contributed by atoms with Crippen LogP contribution in [0.4, 0.5) is 4.79 Å². The van der Waals surface area contributed by atoms with E-state index in [0.717, 1.165) is 32.1 Å². The Kier molecular flexibility index (Phi) is 9.92. The van der Waals surface area contributed by atoms with Crippen molar-refractivity contribution in [2.45, 2.75) is 84.8 Å². The lowest BCUT2D eigenvalue weighted by Crippen LogP contribution is -2.37. The average Bonchev–Trinajstić information content (AvgIpc) is 2.71. The van der Waals surface area contributed by atoms with Crippen LogP contribution in [0.25, 0.3) is 10.8 Å². The Bertz CT molecular complexity index is 1030. The van der Waals surface area contributed by atoms with Crippen molar-refractivity contribution in [3.8, 4) is 5.75 Å². The highest BCUT2D eigenvalue weighted by molar-refractivity contribution is 6.42. The van der Waals surface area contributed by atoms with Crippen LogP contribution in [-0.4, -0.2) is 22.9 Å². The van der Waals surface area contributed by atoms with Gasteiger partial charge in [0.1, 0.15) is 11.4 Å². The van der Waals surface area contributed by atoms with Crippen LogP contribution >= 0.6 is 23.2 Å². The molecule has 0 radical (unpaired) electrons. The summed E-state index contributed by atoms with van der Waals surface area (Å²) in [5.74, 6) is 0.539. The number of nitrogens with zero attached hydrogens (tertiary/aromatic N) is 1. The van der Waals surface area contributed by atoms with E-state index in [1.807, 2.05) is 20.8 Å². The van der Waals surface area contributed by atoms with Crippen LogP contribution in [-0.2, 0) is 11.8 Å². The zero-order chi connectivity index (χ0) is 24.8. The minimum absolute atomic E-state index is 0.229. The number of halogens is 2. The van der Waals surface area contributed by atoms with E-state index in [1.165, 1.54) is 0 Å². The van der Waals surface area contributed by atoms with Crippen LogP contribution in [0.2, 0.25) is 10.0 Å². The predicted octanol–water partition coefficient (Wildman–Crippen LogP) is 7.17. The number of pyridine rings is 1. The topological polar surface area (TPSA) is 69.6 Å². The van der Waals surface area contributed by atoms with Gasteiger partial charge in [-0.2, -0.15) is 0 Å². The first kappa shape index (κ1) is 27.3. The van der Waals surface area contributed by atoms with E-state index in [1.54, 1.807) is 23.7 Å². The fourth-order valence-corrected chi connectivity index (χ4v) is 4.01. The lowest BCUT2D eigenvalue weighted by Gasteiger charge is -2.27. The van der Waals surface area contributed by atoms with E-state index in [9.17, 15) is 9.59 Å². The van der Waals surface area contributed by atoms with Gasteiger partial charge in [0.05, 0.1) is 33.8 Å². The van der Waals surface area contributed by atoms with E-state index >= 15 is 0 Å². The van der Waals surface area contributed by atoms with Crippen molar-refractivity contribution in [1.29, 1.82) is 0 Å². The third-order valence-electron chi connectivity index (χ3n) is 5.30. The van der Waals surface area contributed by atoms with Gasteiger partial charge in [-0.15, -0.1) is 0 Å². The molecule has 2 aromatic rings. The maximum Gasteiger partial charge on any atom is 0.408 e. The zero-order valence-electron chi connectivity index (χ0n) is 20.5. The molecule has 0 fully saturated rings. The maximum absolute atomic E-state index is 13.3. The molecule has 0 spiro atoms. The number of aromatic nitrogens is 1. The van der Waals surface area contributed by atoms with E-state index in [2.05, 4.69) is 19.2 Å². The van der Waals surface area contributed by atoms with Crippen molar-refractivity contribution < 1.29 is 14.3 Å². The molecule has 1 aromatic carbocycles. The Labute approximate surface area is 206 Å². The molecule has 1 heterocycles. The van der Waals surface area contributed by atoms with Crippen LogP contribution in [0.1, 0.15) is 84.9 Å². The van der Waals surface area contributed by atoms with E-state index < -0.39 is 17.7 Å². The van der Waals surface area contributed by atoms with Crippen LogP contribution in [0.15, 0.2) is 16.9 Å². The predicted molar refractivity (Wildman–Crippen MR) is 136 cm³/mol. The molecule has 1 amide bonds. The van der Waals surface area contributed by atoms with Crippen molar-refractivity contribution in [1.82, 2.24) is 9.88 Å². The van der Waals surface area contributed by atoms with E-state index in [4.69, 9.17) is 32.7 Å². The van der Waals surface area contributed by atoms with Crippen LogP contribution in [0.5, 0.6) is 5.75 Å². The number of amides is 1. The fourth-order valence-electron chi connectivity index (χ4n) is 3.68. The van der Waals surface area contributed by atoms with Crippen molar-refractivity contribution in [2.24, 2.45) is 7.05 Å². The van der Waals surface area contributed by atoms with Gasteiger partial charge in [0.15, 0.2) is 0 Å². The third kappa shape index (κ3) is 7.28. The maximum atomic E-state index is 13.3. The molecule has 0 aliphatic carbocycles. The van der Waals surface area contributed by atoms with Gasteiger partial charge in [-0.3, -0.25) is 4.79 Å². The standard InChI is InChI=1S/C25H36Cl2N2O4/c1-7-9-11-12-20(28-24(31)33-25(3,4)5)21-22(32-13-10-8-2)16-14-18(26)19(27)15-17(16)23(30)29(21)6/h14-15,20H,7-13H2,1-6H3,(H,28,31). The summed E-state index contributed by atoms with van der Waals surface area (Å²) >= 11 is 12.5. The van der Waals surface area contributed by atoms with Gasteiger partial charge >= 0.3 is 6.09 Å². The number of hydrogen-bond acceptors (Lipinski definition) is 4. The molecule has 1 aromatic heterocycles. The van der Waals surface area contributed by atoms with Crippen molar-refractivity contribution in [2.75, 3.05) is 6.61 Å². The van der Waals surface area contributed by atoms with Gasteiger partial charge in [-0.25, -0.2) is 4.79 Å². The number of benzene rings is 1. The molecular weight excluding hydrogens is 463 g/mol. The number of alkyl carbamates (subject to hydrolysis) is 1. The van der Waals surface area contributed by atoms with Gasteiger partial charge in [0.25, 0.3) is 5.56 Å². The number of fused-ring (bicyclic) bond motifs is 1. The Morgan fingerprint density at radius 2 is 1.67 bits per heavy atom. The Morgan fingerprint density at radius 1 is 1.06 bits per heavy atom. The summed E-state index contributed by atoms with van der Waals surface area (Å²) in [6.07, 6.45) is 4.82. The number of carbonyl (C=O) groups excluding carboxylic acids is 1. The molecule has 1 atom stereocenters. The first-order valence-corrected chi connectivity index (χ1v) is 12.4. The summed E-state index contributed by atoms with van der Waals surface area (Å²) in [5.41, 5.74) is -0.269. The van der Waals surface area contributed by atoms with Gasteiger partial charge < -0.3 is 19.4 Å². The number of nitrogens with one attached hydrogen (secondary N) is 1. The summed E-state index contributed by atoms with van der Waals surface area (Å²) in [4.78, 5) is 26.0. The number of rotatable bonds is 10. The van der Waals surface area contributed by atoms with E-state index in [0.29, 0.717) is 45.3 Å². The number of ether oxygens (including phenoxy) is 2. The highest BCUT2D eigenvalue weighted by atomic mass is 35.5. The first-order chi connectivity index (χ1) is 15.5. The molecule has 0 saturated heterocycles. The van der Waals surface area contributed by atoms with Gasteiger partial charge in [-0.05, 0) is 45.7 Å². The molecule has 0 aliphatic rings. The highest BCUT2D eigenvalue weighted by Crippen LogP contribution is 2.37. The molecular formula is C25H36Cl2N2O4. The molecule has 1 unspecified atom stereocenters. The summed E-state index contributed by atoms with van der Waals surface area (Å²) in [6.45, 7) is 10.1. The fraction of sp³-hybridized carbons (Fsp3) is 0.600. The molecule has 0 saturated carbocycles. The molecule has 8 heteroatoms. The molecule has 184 valence electrons. The molecule has 0 bridgehead atoms. The summed E-state index contributed by atoms with van der Waals surface area (Å²) in [5, 5.41) is 4.63. The summed E-state index contributed by atoms with van der Waals surface area (Å²) in [6, 6.07) is 2.77. The SMILES string of the molecule is CCCCCC(NC(=O)OC(C)(C)C)c1c(OCCCC)c2cc(Cl)c(Cl)cc2c(=O)n1C. The molecule has 2 rings (SSSR count). The molecule has 6 nitrogen and oxygen atoms in total. The Balaban J connectivity index is 2.68. The first-order valence-electron chi connectivity index (χ1n) is 11.6. The van der Waals surface area contributed by atoms with Crippen LogP contribution in [0, 0.1) is 0 Å². The third-order valence-corrected chi connectivity index (χ3v) is 6.02. The lowest BCUT2D eigenvalue weighted by molar-refractivity contribution is 0.0497. The number of unbranched alkanes of at least 4 members (excludes halogenated alkanes) is 3. The zero-order valence-corrected chi connectivity index (χ0v) is 22.0. The quantitative estimate of drug-likeness (QED) is 0.352. The van der Waals surface area contributed by atoms with Gasteiger partial charge in [0.2, 0.25) is 0 Å².